The van der Waals surface area contributed by atoms with Crippen molar-refractivity contribution < 1.29 is 17.9 Å². The molecule has 0 aliphatic heterocycles. The first-order valence-corrected chi connectivity index (χ1v) is 8.85. The Morgan fingerprint density at radius 1 is 1.04 bits per heavy atom. The fraction of sp³-hybridized carbons (Fsp3) is 0.375. The van der Waals surface area contributed by atoms with Gasteiger partial charge in [0.2, 0.25) is 15.6 Å². The lowest BCUT2D eigenvalue weighted by Crippen LogP contribution is -2.68. The molecule has 0 spiro atoms. The van der Waals surface area contributed by atoms with E-state index in [-0.39, 0.29) is 23.0 Å². The van der Waals surface area contributed by atoms with Crippen molar-refractivity contribution in [2.45, 2.75) is 30.2 Å². The third-order valence-corrected chi connectivity index (χ3v) is 5.31. The molecule has 6 nitrogen and oxygen atoms in total. The topological polar surface area (TPSA) is 105 Å². The predicted octanol–water partition coefficient (Wildman–Crippen LogP) is 1.30. The fourth-order valence-electron chi connectivity index (χ4n) is 2.40. The summed E-state index contributed by atoms with van der Waals surface area (Å²) in [6, 6.07) is 8.13. The van der Waals surface area contributed by atoms with Crippen LogP contribution in [-0.4, -0.2) is 33.1 Å². The minimum atomic E-state index is -3.72. The van der Waals surface area contributed by atoms with Crippen LogP contribution in [0.3, 0.4) is 0 Å². The van der Waals surface area contributed by atoms with Gasteiger partial charge < -0.3 is 20.9 Å². The maximum Gasteiger partial charge on any atom is 0.225 e. The number of nitrogens with two attached hydrogens (primary N) is 2. The Kier molecular flexibility index (Phi) is 5.07. The van der Waals surface area contributed by atoms with Gasteiger partial charge in [-0.3, -0.25) is 0 Å². The number of ether oxygens (including phenoxy) is 2. The average molecular weight is 338 g/mol. The van der Waals surface area contributed by atoms with Crippen LogP contribution < -0.4 is 11.5 Å². The molecule has 0 saturated carbocycles. The fourth-order valence-corrected chi connectivity index (χ4v) is 3.75. The molecule has 0 saturated heterocycles. The molecule has 23 heavy (non-hydrogen) atoms. The van der Waals surface area contributed by atoms with Gasteiger partial charge in [-0.1, -0.05) is 18.2 Å². The van der Waals surface area contributed by atoms with Crippen molar-refractivity contribution in [3.05, 3.63) is 53.5 Å². The van der Waals surface area contributed by atoms with E-state index in [4.69, 9.17) is 20.9 Å². The maximum absolute atomic E-state index is 12.8. The van der Waals surface area contributed by atoms with E-state index >= 15 is 0 Å². The van der Waals surface area contributed by atoms with E-state index in [1.54, 1.807) is 32.0 Å². The van der Waals surface area contributed by atoms with Gasteiger partial charge in [-0.25, -0.2) is 8.42 Å². The van der Waals surface area contributed by atoms with Crippen LogP contribution in [0.4, 0.5) is 0 Å². The van der Waals surface area contributed by atoms with Crippen LogP contribution in [0.2, 0.25) is 0 Å². The molecule has 1 aliphatic carbocycles. The summed E-state index contributed by atoms with van der Waals surface area (Å²) in [6.45, 7) is 4.04. The van der Waals surface area contributed by atoms with Gasteiger partial charge in [0.25, 0.3) is 0 Å². The van der Waals surface area contributed by atoms with Crippen LogP contribution in [0, 0.1) is 0 Å². The van der Waals surface area contributed by atoms with Gasteiger partial charge in [-0.15, -0.1) is 0 Å². The van der Waals surface area contributed by atoms with Crippen molar-refractivity contribution in [2.24, 2.45) is 11.5 Å². The van der Waals surface area contributed by atoms with Crippen molar-refractivity contribution in [1.82, 2.24) is 0 Å². The maximum atomic E-state index is 12.8. The molecule has 4 N–H and O–H groups in total. The van der Waals surface area contributed by atoms with Gasteiger partial charge in [0.05, 0.1) is 9.80 Å². The van der Waals surface area contributed by atoms with Gasteiger partial charge in [-0.05, 0) is 44.2 Å². The molecule has 1 aromatic carbocycles. The predicted molar refractivity (Wildman–Crippen MR) is 87.9 cm³/mol. The summed E-state index contributed by atoms with van der Waals surface area (Å²) in [7, 11) is -3.72. The van der Waals surface area contributed by atoms with Gasteiger partial charge in [-0.2, -0.15) is 0 Å². The summed E-state index contributed by atoms with van der Waals surface area (Å²) in [5.74, 6) is -1.54. The number of sulfone groups is 1. The highest BCUT2D eigenvalue weighted by molar-refractivity contribution is 7.95. The summed E-state index contributed by atoms with van der Waals surface area (Å²) in [5, 5.41) is 0. The van der Waals surface area contributed by atoms with E-state index in [0.29, 0.717) is 0 Å². The van der Waals surface area contributed by atoms with Crippen molar-refractivity contribution >= 4 is 9.84 Å². The second-order valence-electron chi connectivity index (χ2n) is 5.16. The summed E-state index contributed by atoms with van der Waals surface area (Å²) in [4.78, 5) is 0.219. The largest absolute Gasteiger partial charge is 0.344 e. The number of rotatable bonds is 6. The first kappa shape index (κ1) is 17.8. The zero-order chi connectivity index (χ0) is 17.1. The summed E-state index contributed by atoms with van der Waals surface area (Å²) >= 11 is 0. The smallest absolute Gasteiger partial charge is 0.225 e. The molecule has 0 amide bonds. The summed E-state index contributed by atoms with van der Waals surface area (Å²) in [6.07, 6.45) is 4.13. The minimum Gasteiger partial charge on any atom is -0.344 e. The summed E-state index contributed by atoms with van der Waals surface area (Å²) < 4.78 is 36.8. The zero-order valence-corrected chi connectivity index (χ0v) is 14.0. The molecule has 126 valence electrons. The normalized spacial score (nSPS) is 19.4. The van der Waals surface area contributed by atoms with E-state index in [2.05, 4.69) is 0 Å². The van der Waals surface area contributed by atoms with Crippen LogP contribution in [0.25, 0.3) is 0 Å². The lowest BCUT2D eigenvalue weighted by molar-refractivity contribution is -0.228. The SMILES string of the molecule is CCOC1(OCC)C=C(S(=O)(=O)c2ccccc2)C=CC1(N)N. The first-order chi connectivity index (χ1) is 10.8. The zero-order valence-electron chi connectivity index (χ0n) is 13.2. The molecule has 0 fully saturated rings. The molecular weight excluding hydrogens is 316 g/mol. The van der Waals surface area contributed by atoms with E-state index in [1.807, 2.05) is 0 Å². The Balaban J connectivity index is 2.55. The number of hydrogen-bond donors (Lipinski definition) is 2. The third kappa shape index (κ3) is 3.24. The first-order valence-electron chi connectivity index (χ1n) is 7.37. The van der Waals surface area contributed by atoms with E-state index in [1.165, 1.54) is 30.4 Å². The second-order valence-corrected chi connectivity index (χ2v) is 7.11. The van der Waals surface area contributed by atoms with Crippen LogP contribution in [0.1, 0.15) is 13.8 Å². The van der Waals surface area contributed by atoms with Crippen molar-refractivity contribution in [3.8, 4) is 0 Å². The van der Waals surface area contributed by atoms with E-state index < -0.39 is 21.3 Å². The monoisotopic (exact) mass is 338 g/mol. The Bertz CT molecular complexity index is 703. The van der Waals surface area contributed by atoms with Crippen LogP contribution >= 0.6 is 0 Å². The van der Waals surface area contributed by atoms with Gasteiger partial charge in [0, 0.05) is 13.2 Å². The molecule has 2 rings (SSSR count). The molecule has 1 aromatic rings. The minimum absolute atomic E-state index is 0.0390. The Morgan fingerprint density at radius 3 is 2.13 bits per heavy atom. The second kappa shape index (κ2) is 6.54. The molecule has 0 atom stereocenters. The molecule has 0 unspecified atom stereocenters. The van der Waals surface area contributed by atoms with Crippen LogP contribution in [0.5, 0.6) is 0 Å². The third-order valence-electron chi connectivity index (χ3n) is 3.54. The lowest BCUT2D eigenvalue weighted by Gasteiger charge is -2.43. The average Bonchev–Trinajstić information content (AvgIpc) is 2.51. The van der Waals surface area contributed by atoms with Crippen molar-refractivity contribution in [1.29, 1.82) is 0 Å². The Hall–Kier alpha value is -1.51. The van der Waals surface area contributed by atoms with Crippen molar-refractivity contribution in [2.75, 3.05) is 13.2 Å². The van der Waals surface area contributed by atoms with Gasteiger partial charge >= 0.3 is 0 Å². The van der Waals surface area contributed by atoms with Gasteiger partial charge in [0.1, 0.15) is 5.66 Å². The Morgan fingerprint density at radius 2 is 1.61 bits per heavy atom. The van der Waals surface area contributed by atoms with Crippen LogP contribution in [0.15, 0.2) is 58.4 Å². The number of allylic oxidation sites excluding steroid dienone is 1. The standard InChI is InChI=1S/C16H22N2O4S/c1-3-21-16(22-4-2)12-14(10-11-15(16,17)18)23(19,20)13-8-6-5-7-9-13/h5-12H,3-4,17-18H2,1-2H3. The highest BCUT2D eigenvalue weighted by atomic mass is 32.2. The Labute approximate surface area is 136 Å². The molecular formula is C16H22N2O4S. The molecule has 0 aromatic heterocycles. The number of benzene rings is 1. The highest BCUT2D eigenvalue weighted by Gasteiger charge is 2.49. The number of hydrogen-bond acceptors (Lipinski definition) is 6. The molecule has 0 radical (unpaired) electrons. The highest BCUT2D eigenvalue weighted by Crippen LogP contribution is 2.34. The van der Waals surface area contributed by atoms with Crippen LogP contribution in [-0.2, 0) is 19.3 Å². The van der Waals surface area contributed by atoms with Gasteiger partial charge in [0.15, 0.2) is 0 Å². The molecule has 0 bridgehead atoms. The quantitative estimate of drug-likeness (QED) is 0.758. The van der Waals surface area contributed by atoms with E-state index in [9.17, 15) is 8.42 Å². The van der Waals surface area contributed by atoms with Crippen molar-refractivity contribution in [3.63, 3.8) is 0 Å². The molecule has 0 heterocycles. The summed E-state index contributed by atoms with van der Waals surface area (Å²) in [5.41, 5.74) is 10.7. The van der Waals surface area contributed by atoms with E-state index in [0.717, 1.165) is 0 Å². The lowest BCUT2D eigenvalue weighted by atomic mass is 9.95. The molecule has 1 aliphatic rings. The molecule has 7 heteroatoms.